The molecule has 12 heteroatoms. The van der Waals surface area contributed by atoms with Crippen LogP contribution in [0.5, 0.6) is 0 Å². The molecule has 0 aromatic carbocycles. The first-order chi connectivity index (χ1) is 17.3. The highest BCUT2D eigenvalue weighted by Crippen LogP contribution is 2.30. The maximum absolute atomic E-state index is 12.6. The zero-order valence-corrected chi connectivity index (χ0v) is 19.6. The summed E-state index contributed by atoms with van der Waals surface area (Å²) in [5.74, 6) is 0.638. The van der Waals surface area contributed by atoms with Crippen molar-refractivity contribution in [3.05, 3.63) is 77.8 Å². The van der Waals surface area contributed by atoms with Gasteiger partial charge in [-0.1, -0.05) is 25.0 Å². The molecule has 0 saturated carbocycles. The molecule has 36 heavy (non-hydrogen) atoms. The molecule has 0 atom stereocenters. The Morgan fingerprint density at radius 2 is 1.94 bits per heavy atom. The van der Waals surface area contributed by atoms with Gasteiger partial charge in [-0.25, -0.2) is 9.50 Å². The van der Waals surface area contributed by atoms with Gasteiger partial charge in [-0.2, -0.15) is 18.3 Å². The largest absolute Gasteiger partial charge is 0.417 e. The van der Waals surface area contributed by atoms with Gasteiger partial charge in [-0.15, -0.1) is 5.10 Å². The molecule has 0 bridgehead atoms. The van der Waals surface area contributed by atoms with Crippen LogP contribution in [0.25, 0.3) is 17.1 Å². The van der Waals surface area contributed by atoms with Gasteiger partial charge < -0.3 is 14.3 Å². The third kappa shape index (κ3) is 4.79. The Morgan fingerprint density at radius 1 is 1.08 bits per heavy atom. The van der Waals surface area contributed by atoms with Crippen molar-refractivity contribution in [3.63, 3.8) is 0 Å². The number of hydrogen-bond donors (Lipinski definition) is 1. The molecule has 0 radical (unpaired) electrons. The van der Waals surface area contributed by atoms with Crippen molar-refractivity contribution in [2.24, 2.45) is 0 Å². The summed E-state index contributed by atoms with van der Waals surface area (Å²) in [5, 5.41) is 12.0. The van der Waals surface area contributed by atoms with E-state index in [0.717, 1.165) is 30.1 Å². The van der Waals surface area contributed by atoms with E-state index in [-0.39, 0.29) is 11.6 Å². The zero-order valence-electron chi connectivity index (χ0n) is 19.6. The molecule has 1 N–H and O–H groups in total. The topological polar surface area (TPSA) is 101 Å². The molecule has 5 aromatic rings. The van der Waals surface area contributed by atoms with E-state index in [1.54, 1.807) is 6.33 Å². The first-order valence-electron chi connectivity index (χ1n) is 11.3. The minimum Gasteiger partial charge on any atom is -0.402 e. The second-order valence-electron chi connectivity index (χ2n) is 8.60. The summed E-state index contributed by atoms with van der Waals surface area (Å²) >= 11 is 0. The van der Waals surface area contributed by atoms with Gasteiger partial charge in [-0.3, -0.25) is 4.98 Å². The summed E-state index contributed by atoms with van der Waals surface area (Å²) in [6.45, 7) is 5.61. The van der Waals surface area contributed by atoms with E-state index >= 15 is 0 Å². The zero-order chi connectivity index (χ0) is 25.3. The number of nitrogens with one attached hydrogen (secondary N) is 1. The average Bonchev–Trinajstić information content (AvgIpc) is 3.63. The van der Waals surface area contributed by atoms with Crippen LogP contribution < -0.4 is 4.90 Å². The monoisotopic (exact) mass is 496 g/mol. The van der Waals surface area contributed by atoms with Crippen molar-refractivity contribution < 1.29 is 17.6 Å². The van der Waals surface area contributed by atoms with Gasteiger partial charge in [0.15, 0.2) is 0 Å². The van der Waals surface area contributed by atoms with Crippen LogP contribution in [0.2, 0.25) is 0 Å². The number of aromatic nitrogens is 7. The van der Waals surface area contributed by atoms with Crippen molar-refractivity contribution in [3.8, 4) is 11.6 Å². The number of fused-ring (bicyclic) bond motifs is 2. The van der Waals surface area contributed by atoms with E-state index in [2.05, 4.69) is 56.2 Å². The number of aromatic amines is 1. The Bertz CT molecular complexity index is 1450. The van der Waals surface area contributed by atoms with Crippen LogP contribution >= 0.6 is 0 Å². The molecule has 1 aliphatic heterocycles. The molecule has 186 valence electrons. The van der Waals surface area contributed by atoms with Crippen molar-refractivity contribution >= 4 is 11.5 Å². The number of nitrogens with zero attached hydrogens (tertiary/aromatic N) is 7. The minimum absolute atomic E-state index is 0.0779. The maximum atomic E-state index is 12.6. The van der Waals surface area contributed by atoms with E-state index in [1.165, 1.54) is 17.1 Å². The van der Waals surface area contributed by atoms with E-state index in [0.29, 0.717) is 25.0 Å². The lowest BCUT2D eigenvalue weighted by atomic mass is 10.0. The lowest BCUT2D eigenvalue weighted by molar-refractivity contribution is -0.137. The molecular weight excluding hydrogens is 473 g/mol. The van der Waals surface area contributed by atoms with Crippen LogP contribution in [0.4, 0.5) is 19.2 Å². The Morgan fingerprint density at radius 3 is 2.69 bits per heavy atom. The van der Waals surface area contributed by atoms with E-state index in [9.17, 15) is 13.2 Å². The normalized spacial score (nSPS) is 13.6. The summed E-state index contributed by atoms with van der Waals surface area (Å²) in [6, 6.07) is 8.69. The van der Waals surface area contributed by atoms with Gasteiger partial charge in [0.1, 0.15) is 5.69 Å². The van der Waals surface area contributed by atoms with E-state index in [4.69, 9.17) is 4.42 Å². The van der Waals surface area contributed by atoms with Gasteiger partial charge in [0.25, 0.3) is 5.89 Å². The van der Waals surface area contributed by atoms with Crippen LogP contribution in [-0.2, 0) is 19.1 Å². The summed E-state index contributed by atoms with van der Waals surface area (Å²) in [6.07, 6.45) is 2.51. The Labute approximate surface area is 204 Å². The lowest BCUT2D eigenvalue weighted by Crippen LogP contribution is -2.30. The molecule has 0 saturated heterocycles. The molecule has 0 spiro atoms. The Kier molecular flexibility index (Phi) is 6.17. The number of alkyl halides is 3. The fraction of sp³-hybridized carbons (Fsp3) is 0.292. The summed E-state index contributed by atoms with van der Waals surface area (Å²) < 4.78 is 45.1. The fourth-order valence-electron chi connectivity index (χ4n) is 3.97. The third-order valence-electron chi connectivity index (χ3n) is 5.86. The van der Waals surface area contributed by atoms with E-state index in [1.807, 2.05) is 27.9 Å². The summed E-state index contributed by atoms with van der Waals surface area (Å²) in [4.78, 5) is 12.9. The number of rotatable bonds is 3. The van der Waals surface area contributed by atoms with Crippen molar-refractivity contribution in [1.82, 2.24) is 34.8 Å². The minimum atomic E-state index is -4.43. The second kappa shape index (κ2) is 9.44. The molecule has 9 nitrogen and oxygen atoms in total. The predicted molar refractivity (Wildman–Crippen MR) is 125 cm³/mol. The second-order valence-corrected chi connectivity index (χ2v) is 8.60. The lowest BCUT2D eigenvalue weighted by Gasteiger charge is -2.23. The van der Waals surface area contributed by atoms with Crippen LogP contribution in [0.3, 0.4) is 0 Å². The van der Waals surface area contributed by atoms with Gasteiger partial charge >= 0.3 is 12.2 Å². The number of pyridine rings is 2. The third-order valence-corrected chi connectivity index (χ3v) is 5.86. The highest BCUT2D eigenvalue weighted by Gasteiger charge is 2.31. The summed E-state index contributed by atoms with van der Waals surface area (Å²) in [5.41, 5.74) is 3.93. The first-order valence-corrected chi connectivity index (χ1v) is 11.3. The predicted octanol–water partition coefficient (Wildman–Crippen LogP) is 4.89. The van der Waals surface area contributed by atoms with Crippen molar-refractivity contribution in [2.45, 2.75) is 38.9 Å². The van der Waals surface area contributed by atoms with Crippen LogP contribution in [0, 0.1) is 0 Å². The van der Waals surface area contributed by atoms with Gasteiger partial charge in [0, 0.05) is 31.6 Å². The molecule has 5 aromatic heterocycles. The molecular formula is C24H23F3N8O. The standard InChI is InChI=1S/C14H11F3N6O.C10H12N2/c15-14(16,17)8-1-2-10(18-5-8)12-21-22-13(24-12)23-4-3-9-11(6-23)20-7-19-9;1-8(2)9-4-3-7-12-10(9)5-6-11-12/h1-2,5,7H,3-4,6H2,(H,19,20);3-8H,1-2H3. The quantitative estimate of drug-likeness (QED) is 0.379. The molecule has 1 aliphatic rings. The Hall–Kier alpha value is -4.22. The smallest absolute Gasteiger partial charge is 0.402 e. The summed E-state index contributed by atoms with van der Waals surface area (Å²) in [7, 11) is 0. The van der Waals surface area contributed by atoms with Crippen LogP contribution in [-0.4, -0.2) is 41.3 Å². The highest BCUT2D eigenvalue weighted by atomic mass is 19.4. The van der Waals surface area contributed by atoms with E-state index < -0.39 is 11.7 Å². The highest BCUT2D eigenvalue weighted by molar-refractivity contribution is 5.54. The first kappa shape index (κ1) is 23.5. The van der Waals surface area contributed by atoms with Crippen molar-refractivity contribution in [2.75, 3.05) is 11.4 Å². The van der Waals surface area contributed by atoms with Crippen LogP contribution in [0.15, 0.2) is 59.7 Å². The Balaban J connectivity index is 0.000000186. The van der Waals surface area contributed by atoms with Crippen molar-refractivity contribution in [1.29, 1.82) is 0 Å². The number of imidazole rings is 1. The fourth-order valence-corrected chi connectivity index (χ4v) is 3.97. The molecule has 6 rings (SSSR count). The number of anilines is 1. The number of H-pyrrole nitrogens is 1. The molecule has 0 amide bonds. The molecule has 0 fully saturated rings. The number of hydrogen-bond acceptors (Lipinski definition) is 7. The van der Waals surface area contributed by atoms with Gasteiger partial charge in [-0.05, 0) is 35.7 Å². The molecule has 6 heterocycles. The maximum Gasteiger partial charge on any atom is 0.417 e. The van der Waals surface area contributed by atoms with Gasteiger partial charge in [0.05, 0.1) is 35.3 Å². The molecule has 0 unspecified atom stereocenters. The SMILES string of the molecule is CC(C)c1cccn2nccc12.FC(F)(F)c1ccc(-c2nnc(N3CCc4nc[nH]c4C3)o2)nc1. The average molecular weight is 496 g/mol. The van der Waals surface area contributed by atoms with Crippen LogP contribution in [0.1, 0.15) is 42.3 Å². The number of halogens is 3. The van der Waals surface area contributed by atoms with Gasteiger partial charge in [0.2, 0.25) is 0 Å². The molecule has 0 aliphatic carbocycles.